The van der Waals surface area contributed by atoms with E-state index < -0.39 is 34.9 Å². The normalized spacial score (nSPS) is 14.1. The number of carbonyl (C=O) groups is 2. The van der Waals surface area contributed by atoms with Gasteiger partial charge in [-0.2, -0.15) is 0 Å². The summed E-state index contributed by atoms with van der Waals surface area (Å²) < 4.78 is 6.19. The third-order valence-corrected chi connectivity index (χ3v) is 10.1. The first-order valence-corrected chi connectivity index (χ1v) is 18.1. The van der Waals surface area contributed by atoms with Crippen molar-refractivity contribution in [3.05, 3.63) is 191 Å². The molecule has 5 aromatic carbocycles. The van der Waals surface area contributed by atoms with Gasteiger partial charge >= 0.3 is 11.9 Å². The Morgan fingerprint density at radius 3 is 1.60 bits per heavy atom. The molecule has 1 heterocycles. The molecule has 0 unspecified atom stereocenters. The Kier molecular flexibility index (Phi) is 10.2. The predicted octanol–water partition coefficient (Wildman–Crippen LogP) is 9.00. The summed E-state index contributed by atoms with van der Waals surface area (Å²) in [5.74, 6) is -1.92. The number of benzene rings is 5. The Hall–Kier alpha value is -6.06. The summed E-state index contributed by atoms with van der Waals surface area (Å²) in [6, 6.07) is 49.2. The molecule has 6 aromatic rings. The van der Waals surface area contributed by atoms with Crippen LogP contribution in [0.4, 0.5) is 5.13 Å². The topological polar surface area (TPSA) is 110 Å². The van der Waals surface area contributed by atoms with E-state index in [2.05, 4.69) is 46.9 Å². The number of nitrogens with one attached hydrogen (secondary N) is 1. The van der Waals surface area contributed by atoms with Crippen molar-refractivity contribution in [2.24, 2.45) is 5.16 Å². The van der Waals surface area contributed by atoms with Crippen molar-refractivity contribution < 1.29 is 24.3 Å². The predicted molar refractivity (Wildman–Crippen MR) is 202 cm³/mol. The summed E-state index contributed by atoms with van der Waals surface area (Å²) in [4.78, 5) is 37.5. The Bertz CT molecular complexity index is 1980. The van der Waals surface area contributed by atoms with Crippen molar-refractivity contribution >= 4 is 34.1 Å². The molecule has 0 saturated heterocycles. The minimum atomic E-state index is -1.44. The van der Waals surface area contributed by atoms with Gasteiger partial charge in [0, 0.05) is 18.2 Å². The van der Waals surface area contributed by atoms with Crippen LogP contribution in [0.25, 0.3) is 0 Å². The fourth-order valence-electron chi connectivity index (χ4n) is 6.79. The van der Waals surface area contributed by atoms with Crippen LogP contribution in [0.3, 0.4) is 0 Å². The average Bonchev–Trinajstić information content (AvgIpc) is 3.88. The first kappa shape index (κ1) is 34.4. The highest BCUT2D eigenvalue weighted by molar-refractivity contribution is 7.14. The number of hydrogen-bond acceptors (Lipinski definition) is 8. The molecular formula is C43H37N3O5S. The van der Waals surface area contributed by atoms with Crippen molar-refractivity contribution in [1.29, 1.82) is 0 Å². The van der Waals surface area contributed by atoms with E-state index in [9.17, 15) is 14.7 Å². The van der Waals surface area contributed by atoms with Gasteiger partial charge in [0.25, 0.3) is 0 Å². The van der Waals surface area contributed by atoms with Crippen molar-refractivity contribution in [3.8, 4) is 0 Å². The number of carboxylic acids is 1. The SMILES string of the molecule is O=C(O)/C(=N\OC1(C(=O)OC(c2ccccc2)c2ccccc2)CCCC1)c1csc(NC(c2ccccc2)(c2ccccc2)c2ccccc2)n1. The molecule has 1 aliphatic rings. The van der Waals surface area contributed by atoms with Gasteiger partial charge in [-0.1, -0.05) is 157 Å². The van der Waals surface area contributed by atoms with Gasteiger partial charge in [-0.05, 0) is 40.7 Å². The molecule has 7 rings (SSSR count). The average molecular weight is 708 g/mol. The summed E-state index contributed by atoms with van der Waals surface area (Å²) in [6.07, 6.45) is 1.43. The van der Waals surface area contributed by atoms with Crippen LogP contribution in [0.15, 0.2) is 162 Å². The smallest absolute Gasteiger partial charge is 0.360 e. The molecule has 0 atom stereocenters. The minimum Gasteiger partial charge on any atom is -0.476 e. The summed E-state index contributed by atoms with van der Waals surface area (Å²) >= 11 is 1.26. The number of aliphatic carboxylic acids is 1. The lowest BCUT2D eigenvalue weighted by Crippen LogP contribution is -2.40. The molecular weight excluding hydrogens is 671 g/mol. The molecule has 0 radical (unpaired) electrons. The first-order valence-electron chi connectivity index (χ1n) is 17.2. The highest BCUT2D eigenvalue weighted by atomic mass is 32.1. The van der Waals surface area contributed by atoms with Gasteiger partial charge in [-0.25, -0.2) is 14.6 Å². The standard InChI is InChI=1S/C43H37N3O5S/c47-39(48)37(46-51-42(28-16-17-29-42)40(49)50-38(31-18-6-1-7-19-31)32-20-8-2-9-21-32)36-30-52-41(44-36)45-43(33-22-10-3-11-23-33,34-24-12-4-13-25-34)35-26-14-5-15-27-35/h1-15,18-27,30,38H,16-17,28-29H2,(H,44,45)(H,47,48)/b46-37-. The Balaban J connectivity index is 1.20. The van der Waals surface area contributed by atoms with Crippen molar-refractivity contribution in [2.45, 2.75) is 42.9 Å². The maximum atomic E-state index is 14.0. The second-order valence-electron chi connectivity index (χ2n) is 12.7. The van der Waals surface area contributed by atoms with Gasteiger partial charge < -0.3 is 20.0 Å². The number of carbonyl (C=O) groups excluding carboxylic acids is 1. The van der Waals surface area contributed by atoms with Crippen molar-refractivity contribution in [1.82, 2.24) is 4.98 Å². The number of oxime groups is 1. The Morgan fingerprint density at radius 2 is 1.15 bits per heavy atom. The van der Waals surface area contributed by atoms with Crippen LogP contribution in [0.1, 0.15) is 65.3 Å². The van der Waals surface area contributed by atoms with E-state index in [0.29, 0.717) is 30.8 Å². The number of ether oxygens (including phenoxy) is 1. The highest BCUT2D eigenvalue weighted by Gasteiger charge is 2.47. The van der Waals surface area contributed by atoms with Crippen LogP contribution in [0.2, 0.25) is 0 Å². The van der Waals surface area contributed by atoms with Crippen molar-refractivity contribution in [3.63, 3.8) is 0 Å². The van der Waals surface area contributed by atoms with Gasteiger partial charge in [0.1, 0.15) is 11.2 Å². The highest BCUT2D eigenvalue weighted by Crippen LogP contribution is 2.41. The Morgan fingerprint density at radius 1 is 0.712 bits per heavy atom. The number of esters is 1. The van der Waals surface area contributed by atoms with E-state index >= 15 is 0 Å². The molecule has 0 spiro atoms. The summed E-state index contributed by atoms with van der Waals surface area (Å²) in [7, 11) is 0. The molecule has 0 bridgehead atoms. The second-order valence-corrected chi connectivity index (χ2v) is 13.5. The third-order valence-electron chi connectivity index (χ3n) is 9.39. The van der Waals surface area contributed by atoms with Gasteiger partial charge in [-0.15, -0.1) is 11.3 Å². The number of nitrogens with zero attached hydrogens (tertiary/aromatic N) is 2. The van der Waals surface area contributed by atoms with Crippen LogP contribution in [-0.2, 0) is 24.7 Å². The molecule has 52 heavy (non-hydrogen) atoms. The maximum absolute atomic E-state index is 14.0. The summed E-state index contributed by atoms with van der Waals surface area (Å²) in [5, 5.41) is 20.3. The summed E-state index contributed by atoms with van der Waals surface area (Å²) in [5.41, 5.74) is 1.95. The zero-order valence-corrected chi connectivity index (χ0v) is 29.1. The van der Waals surface area contributed by atoms with Crippen LogP contribution >= 0.6 is 11.3 Å². The van der Waals surface area contributed by atoms with Gasteiger partial charge in [0.05, 0.1) is 0 Å². The van der Waals surface area contributed by atoms with Gasteiger partial charge in [0.15, 0.2) is 11.2 Å². The largest absolute Gasteiger partial charge is 0.476 e. The monoisotopic (exact) mass is 707 g/mol. The van der Waals surface area contributed by atoms with Gasteiger partial charge in [0.2, 0.25) is 11.3 Å². The van der Waals surface area contributed by atoms with Gasteiger partial charge in [-0.3, -0.25) is 0 Å². The Labute approximate surface area is 306 Å². The van der Waals surface area contributed by atoms with E-state index in [-0.39, 0.29) is 5.69 Å². The van der Waals surface area contributed by atoms with E-state index in [1.54, 1.807) is 5.38 Å². The molecule has 260 valence electrons. The van der Waals surface area contributed by atoms with Crippen LogP contribution in [-0.4, -0.2) is 33.3 Å². The molecule has 1 fully saturated rings. The molecule has 1 saturated carbocycles. The molecule has 1 aliphatic carbocycles. The number of carboxylic acid groups (broad SMARTS) is 1. The molecule has 2 N–H and O–H groups in total. The quantitative estimate of drug-likeness (QED) is 0.0534. The number of anilines is 1. The first-order chi connectivity index (χ1) is 25.5. The van der Waals surface area contributed by atoms with Crippen molar-refractivity contribution in [2.75, 3.05) is 5.32 Å². The maximum Gasteiger partial charge on any atom is 0.360 e. The van der Waals surface area contributed by atoms with Crippen LogP contribution in [0.5, 0.6) is 0 Å². The van der Waals surface area contributed by atoms with E-state index in [0.717, 1.165) is 27.8 Å². The fourth-order valence-corrected chi connectivity index (χ4v) is 7.54. The van der Waals surface area contributed by atoms with Crippen LogP contribution < -0.4 is 5.32 Å². The lowest BCUT2D eigenvalue weighted by Gasteiger charge is -2.36. The molecule has 1 aromatic heterocycles. The van der Waals surface area contributed by atoms with E-state index in [1.165, 1.54) is 11.3 Å². The number of aromatic nitrogens is 1. The summed E-state index contributed by atoms with van der Waals surface area (Å²) in [6.45, 7) is 0. The number of hydrogen-bond donors (Lipinski definition) is 2. The minimum absolute atomic E-state index is 0.107. The molecule has 9 heteroatoms. The molecule has 0 aliphatic heterocycles. The second kappa shape index (κ2) is 15.4. The number of rotatable bonds is 13. The number of thiazole rings is 1. The lowest BCUT2D eigenvalue weighted by atomic mass is 9.77. The third kappa shape index (κ3) is 7.08. The van der Waals surface area contributed by atoms with E-state index in [4.69, 9.17) is 14.6 Å². The van der Waals surface area contributed by atoms with Crippen LogP contribution in [0, 0.1) is 0 Å². The van der Waals surface area contributed by atoms with E-state index in [1.807, 2.05) is 115 Å². The molecule has 0 amide bonds. The fraction of sp³-hybridized carbons (Fsp3) is 0.163. The zero-order valence-electron chi connectivity index (χ0n) is 28.3. The lowest BCUT2D eigenvalue weighted by molar-refractivity contribution is -0.176. The zero-order chi connectivity index (χ0) is 35.8. The molecule has 8 nitrogen and oxygen atoms in total.